The zero-order valence-corrected chi connectivity index (χ0v) is 10.5. The van der Waals surface area contributed by atoms with E-state index in [-0.39, 0.29) is 12.5 Å². The molecule has 5 nitrogen and oxygen atoms in total. The number of anilines is 1. The molecule has 1 atom stereocenters. The molecule has 5 heteroatoms. The predicted octanol–water partition coefficient (Wildman–Crippen LogP) is 1.53. The van der Waals surface area contributed by atoms with Gasteiger partial charge in [0.05, 0.1) is 0 Å². The molecule has 0 saturated carbocycles. The summed E-state index contributed by atoms with van der Waals surface area (Å²) in [4.78, 5) is 24.0. The molecule has 0 fully saturated rings. The van der Waals surface area contributed by atoms with Gasteiger partial charge in [0.25, 0.3) is 5.91 Å². The highest BCUT2D eigenvalue weighted by atomic mass is 16.5. The van der Waals surface area contributed by atoms with Crippen molar-refractivity contribution in [3.8, 4) is 0 Å². The number of benzene rings is 1. The van der Waals surface area contributed by atoms with E-state index in [4.69, 9.17) is 9.84 Å². The van der Waals surface area contributed by atoms with Crippen LogP contribution in [0.1, 0.15) is 13.8 Å². The van der Waals surface area contributed by atoms with Crippen LogP contribution in [0.25, 0.3) is 0 Å². The van der Waals surface area contributed by atoms with Crippen molar-refractivity contribution in [1.29, 1.82) is 0 Å². The molecule has 0 spiro atoms. The number of aliphatic carboxylic acids is 1. The van der Waals surface area contributed by atoms with Gasteiger partial charge in [-0.1, -0.05) is 18.2 Å². The number of rotatable bonds is 6. The zero-order chi connectivity index (χ0) is 13.5. The van der Waals surface area contributed by atoms with E-state index in [0.29, 0.717) is 6.54 Å². The fourth-order valence-electron chi connectivity index (χ4n) is 1.46. The number of hydrogen-bond acceptors (Lipinski definition) is 3. The fourth-order valence-corrected chi connectivity index (χ4v) is 1.46. The van der Waals surface area contributed by atoms with Crippen LogP contribution in [0.15, 0.2) is 30.3 Å². The normalized spacial score (nSPS) is 11.9. The van der Waals surface area contributed by atoms with Crippen LogP contribution in [0, 0.1) is 0 Å². The summed E-state index contributed by atoms with van der Waals surface area (Å²) in [5.74, 6) is -1.33. The lowest BCUT2D eigenvalue weighted by atomic mass is 10.3. The van der Waals surface area contributed by atoms with Gasteiger partial charge in [-0.3, -0.25) is 4.79 Å². The molecule has 0 heterocycles. The molecule has 0 unspecified atom stereocenters. The van der Waals surface area contributed by atoms with Crippen LogP contribution in [-0.2, 0) is 14.3 Å². The number of nitrogens with zero attached hydrogens (tertiary/aromatic N) is 1. The van der Waals surface area contributed by atoms with Crippen molar-refractivity contribution >= 4 is 17.6 Å². The predicted molar refractivity (Wildman–Crippen MR) is 67.5 cm³/mol. The van der Waals surface area contributed by atoms with E-state index in [2.05, 4.69) is 0 Å². The topological polar surface area (TPSA) is 66.8 Å². The number of carboxylic acid groups (broad SMARTS) is 1. The van der Waals surface area contributed by atoms with Gasteiger partial charge in [0.1, 0.15) is 6.61 Å². The van der Waals surface area contributed by atoms with E-state index in [9.17, 15) is 9.59 Å². The monoisotopic (exact) mass is 251 g/mol. The van der Waals surface area contributed by atoms with Crippen molar-refractivity contribution in [1.82, 2.24) is 0 Å². The Morgan fingerprint density at radius 2 is 1.94 bits per heavy atom. The number of para-hydroxylation sites is 1. The van der Waals surface area contributed by atoms with Gasteiger partial charge in [0, 0.05) is 12.2 Å². The Bertz CT molecular complexity index is 405. The van der Waals surface area contributed by atoms with Crippen molar-refractivity contribution in [2.24, 2.45) is 0 Å². The minimum atomic E-state index is -1.08. The number of hydrogen-bond donors (Lipinski definition) is 1. The van der Waals surface area contributed by atoms with Gasteiger partial charge in [-0.2, -0.15) is 0 Å². The SMILES string of the molecule is CCN(C(=O)CO[C@H](C)C(=O)O)c1ccccc1. The molecule has 0 aliphatic rings. The Hall–Kier alpha value is -1.88. The van der Waals surface area contributed by atoms with E-state index < -0.39 is 12.1 Å². The van der Waals surface area contributed by atoms with Crippen molar-refractivity contribution < 1.29 is 19.4 Å². The van der Waals surface area contributed by atoms with Gasteiger partial charge in [-0.15, -0.1) is 0 Å². The molecule has 0 bridgehead atoms. The minimum absolute atomic E-state index is 0.240. The molecule has 1 rings (SSSR count). The summed E-state index contributed by atoms with van der Waals surface area (Å²) >= 11 is 0. The lowest BCUT2D eigenvalue weighted by Crippen LogP contribution is -2.35. The van der Waals surface area contributed by atoms with Crippen molar-refractivity contribution in [3.05, 3.63) is 30.3 Å². The molecular formula is C13H17NO4. The van der Waals surface area contributed by atoms with Crippen molar-refractivity contribution in [2.75, 3.05) is 18.1 Å². The van der Waals surface area contributed by atoms with Gasteiger partial charge in [-0.25, -0.2) is 4.79 Å². The molecule has 18 heavy (non-hydrogen) atoms. The molecule has 0 radical (unpaired) electrons. The van der Waals surface area contributed by atoms with Crippen LogP contribution >= 0.6 is 0 Å². The maximum Gasteiger partial charge on any atom is 0.332 e. The summed E-state index contributed by atoms with van der Waals surface area (Å²) in [5.41, 5.74) is 0.775. The summed E-state index contributed by atoms with van der Waals surface area (Å²) in [6, 6.07) is 9.19. The second-order valence-electron chi connectivity index (χ2n) is 3.77. The molecule has 0 saturated heterocycles. The first kappa shape index (κ1) is 14.2. The summed E-state index contributed by atoms with van der Waals surface area (Å²) in [6.45, 7) is 3.52. The van der Waals surface area contributed by atoms with Crippen molar-refractivity contribution in [3.63, 3.8) is 0 Å². The van der Waals surface area contributed by atoms with Gasteiger partial charge >= 0.3 is 5.97 Å². The van der Waals surface area contributed by atoms with Gasteiger partial charge in [0.15, 0.2) is 6.10 Å². The summed E-state index contributed by atoms with van der Waals surface area (Å²) in [7, 11) is 0. The van der Waals surface area contributed by atoms with E-state index in [1.807, 2.05) is 37.3 Å². The molecule has 1 aromatic rings. The number of likely N-dealkylation sites (N-methyl/N-ethyl adjacent to an activating group) is 1. The van der Waals surface area contributed by atoms with Crippen molar-refractivity contribution in [2.45, 2.75) is 20.0 Å². The van der Waals surface area contributed by atoms with E-state index in [1.165, 1.54) is 6.92 Å². The van der Waals surface area contributed by atoms with Crippen LogP contribution in [0.3, 0.4) is 0 Å². The second-order valence-corrected chi connectivity index (χ2v) is 3.77. The quantitative estimate of drug-likeness (QED) is 0.832. The number of carboxylic acids is 1. The van der Waals surface area contributed by atoms with Gasteiger partial charge < -0.3 is 14.7 Å². The Labute approximate surface area is 106 Å². The first-order valence-corrected chi connectivity index (χ1v) is 5.76. The third kappa shape index (κ3) is 3.85. The third-order valence-corrected chi connectivity index (χ3v) is 2.49. The molecule has 98 valence electrons. The highest BCUT2D eigenvalue weighted by molar-refractivity contribution is 5.94. The standard InChI is InChI=1S/C13H17NO4/c1-3-14(11-7-5-4-6-8-11)12(15)9-18-10(2)13(16)17/h4-8,10H,3,9H2,1-2H3,(H,16,17)/t10-/m1/s1. The summed E-state index contributed by atoms with van der Waals surface area (Å²) < 4.78 is 4.98. The fraction of sp³-hybridized carbons (Fsp3) is 0.385. The average Bonchev–Trinajstić information content (AvgIpc) is 2.38. The van der Waals surface area contributed by atoms with E-state index in [1.54, 1.807) is 4.90 Å². The highest BCUT2D eigenvalue weighted by Gasteiger charge is 2.17. The number of carbonyl (C=O) groups excluding carboxylic acids is 1. The number of amides is 1. The molecule has 0 aliphatic carbocycles. The van der Waals surface area contributed by atoms with Gasteiger partial charge in [-0.05, 0) is 26.0 Å². The molecular weight excluding hydrogens is 234 g/mol. The van der Waals surface area contributed by atoms with Crippen LogP contribution in [0.4, 0.5) is 5.69 Å². The van der Waals surface area contributed by atoms with Gasteiger partial charge in [0.2, 0.25) is 0 Å². The average molecular weight is 251 g/mol. The minimum Gasteiger partial charge on any atom is -0.479 e. The second kappa shape index (κ2) is 6.76. The molecule has 1 N–H and O–H groups in total. The Morgan fingerprint density at radius 3 is 2.44 bits per heavy atom. The number of ether oxygens (including phenoxy) is 1. The number of carbonyl (C=O) groups is 2. The molecule has 1 aromatic carbocycles. The smallest absolute Gasteiger partial charge is 0.332 e. The van der Waals surface area contributed by atoms with Crippen LogP contribution < -0.4 is 4.90 Å². The summed E-state index contributed by atoms with van der Waals surface area (Å²) in [5, 5.41) is 8.66. The maximum absolute atomic E-state index is 11.9. The first-order chi connectivity index (χ1) is 8.56. The van der Waals surface area contributed by atoms with E-state index in [0.717, 1.165) is 5.69 Å². The van der Waals surface area contributed by atoms with E-state index >= 15 is 0 Å². The third-order valence-electron chi connectivity index (χ3n) is 2.49. The molecule has 1 amide bonds. The highest BCUT2D eigenvalue weighted by Crippen LogP contribution is 2.13. The first-order valence-electron chi connectivity index (χ1n) is 5.76. The Kier molecular flexibility index (Phi) is 5.32. The largest absolute Gasteiger partial charge is 0.479 e. The lowest BCUT2D eigenvalue weighted by Gasteiger charge is -2.21. The van der Waals surface area contributed by atoms with Crippen LogP contribution in [0.5, 0.6) is 0 Å². The molecule has 0 aromatic heterocycles. The maximum atomic E-state index is 11.9. The summed E-state index contributed by atoms with van der Waals surface area (Å²) in [6.07, 6.45) is -0.983. The van der Waals surface area contributed by atoms with Crippen LogP contribution in [-0.4, -0.2) is 36.2 Å². The Balaban J connectivity index is 2.61. The lowest BCUT2D eigenvalue weighted by molar-refractivity contribution is -0.150. The zero-order valence-electron chi connectivity index (χ0n) is 10.5. The Morgan fingerprint density at radius 1 is 1.33 bits per heavy atom. The molecule has 0 aliphatic heterocycles. The van der Waals surface area contributed by atoms with Crippen LogP contribution in [0.2, 0.25) is 0 Å².